The number of aromatic hydroxyl groups is 1. The van der Waals surface area contributed by atoms with Crippen molar-refractivity contribution < 1.29 is 9.90 Å². The van der Waals surface area contributed by atoms with E-state index in [4.69, 9.17) is 0 Å². The smallest absolute Gasteiger partial charge is 0.255 e. The van der Waals surface area contributed by atoms with Crippen LogP contribution in [0.25, 0.3) is 16.8 Å². The Hall–Kier alpha value is -3.07. The Kier molecular flexibility index (Phi) is 4.11. The zero-order valence-corrected chi connectivity index (χ0v) is 12.6. The molecule has 0 heterocycles. The quantitative estimate of drug-likeness (QED) is 0.761. The maximum absolute atomic E-state index is 12.3. The molecule has 114 valence electrons. The summed E-state index contributed by atoms with van der Waals surface area (Å²) >= 11 is 0. The molecule has 0 bridgehead atoms. The van der Waals surface area contributed by atoms with Crippen LogP contribution in [0.15, 0.2) is 67.2 Å². The average Bonchev–Trinajstić information content (AvgIpc) is 2.59. The van der Waals surface area contributed by atoms with Gasteiger partial charge >= 0.3 is 0 Å². The van der Waals surface area contributed by atoms with E-state index in [1.807, 2.05) is 48.5 Å². The number of amides is 1. The number of hydrogen-bond donors (Lipinski definition) is 2. The molecule has 0 aromatic heterocycles. The highest BCUT2D eigenvalue weighted by atomic mass is 16.3. The Morgan fingerprint density at radius 2 is 1.70 bits per heavy atom. The first-order valence-corrected chi connectivity index (χ1v) is 7.39. The van der Waals surface area contributed by atoms with Gasteiger partial charge in [-0.05, 0) is 34.0 Å². The molecule has 23 heavy (non-hydrogen) atoms. The Morgan fingerprint density at radius 1 is 1.04 bits per heavy atom. The average molecular weight is 303 g/mol. The van der Waals surface area contributed by atoms with Gasteiger partial charge in [-0.1, -0.05) is 61.2 Å². The minimum atomic E-state index is -0.291. The Labute approximate surface area is 134 Å². The van der Waals surface area contributed by atoms with Crippen molar-refractivity contribution in [3.8, 4) is 5.75 Å². The van der Waals surface area contributed by atoms with E-state index in [9.17, 15) is 9.90 Å². The van der Waals surface area contributed by atoms with Crippen LogP contribution >= 0.6 is 0 Å². The molecule has 0 fully saturated rings. The SMILES string of the molecule is C=Cc1ccc(CNC(=O)c2cc3ccccc3cc2O)cc1. The molecule has 0 spiro atoms. The van der Waals surface area contributed by atoms with Gasteiger partial charge in [0.2, 0.25) is 0 Å². The zero-order valence-electron chi connectivity index (χ0n) is 12.6. The predicted molar refractivity (Wildman–Crippen MR) is 93.3 cm³/mol. The molecule has 0 aliphatic heterocycles. The second-order valence-electron chi connectivity index (χ2n) is 5.34. The van der Waals surface area contributed by atoms with Crippen LogP contribution in [0.5, 0.6) is 5.75 Å². The van der Waals surface area contributed by atoms with Crippen molar-refractivity contribution in [2.75, 3.05) is 0 Å². The third-order valence-electron chi connectivity index (χ3n) is 3.78. The molecule has 3 aromatic rings. The lowest BCUT2D eigenvalue weighted by Crippen LogP contribution is -2.22. The van der Waals surface area contributed by atoms with Crippen molar-refractivity contribution in [2.24, 2.45) is 0 Å². The maximum atomic E-state index is 12.3. The van der Waals surface area contributed by atoms with Crippen molar-refractivity contribution in [2.45, 2.75) is 6.54 Å². The van der Waals surface area contributed by atoms with E-state index >= 15 is 0 Å². The van der Waals surface area contributed by atoms with Gasteiger partial charge in [-0.25, -0.2) is 0 Å². The summed E-state index contributed by atoms with van der Waals surface area (Å²) in [5, 5.41) is 14.7. The molecular weight excluding hydrogens is 286 g/mol. The summed E-state index contributed by atoms with van der Waals surface area (Å²) in [6.07, 6.45) is 1.77. The van der Waals surface area contributed by atoms with Gasteiger partial charge < -0.3 is 10.4 Å². The van der Waals surface area contributed by atoms with E-state index in [1.165, 1.54) is 0 Å². The number of rotatable bonds is 4. The predicted octanol–water partition coefficient (Wildman–Crippen LogP) is 4.12. The molecule has 3 heteroatoms. The highest BCUT2D eigenvalue weighted by molar-refractivity contribution is 6.01. The molecule has 1 amide bonds. The van der Waals surface area contributed by atoms with Crippen molar-refractivity contribution in [1.82, 2.24) is 5.32 Å². The largest absolute Gasteiger partial charge is 0.507 e. The summed E-state index contributed by atoms with van der Waals surface area (Å²) < 4.78 is 0. The van der Waals surface area contributed by atoms with Crippen LogP contribution in [-0.2, 0) is 6.54 Å². The van der Waals surface area contributed by atoms with E-state index < -0.39 is 0 Å². The number of carbonyl (C=O) groups is 1. The Balaban J connectivity index is 1.77. The van der Waals surface area contributed by atoms with Gasteiger partial charge in [0.15, 0.2) is 0 Å². The molecule has 3 rings (SSSR count). The fraction of sp³-hybridized carbons (Fsp3) is 0.0500. The first-order chi connectivity index (χ1) is 11.2. The van der Waals surface area contributed by atoms with E-state index in [-0.39, 0.29) is 17.2 Å². The van der Waals surface area contributed by atoms with E-state index in [0.717, 1.165) is 21.9 Å². The highest BCUT2D eigenvalue weighted by Gasteiger charge is 2.12. The number of hydrogen-bond acceptors (Lipinski definition) is 2. The lowest BCUT2D eigenvalue weighted by molar-refractivity contribution is 0.0948. The molecular formula is C20H17NO2. The minimum absolute atomic E-state index is 0.0109. The fourth-order valence-corrected chi connectivity index (χ4v) is 2.46. The number of phenols is 1. The molecule has 0 atom stereocenters. The number of phenolic OH excluding ortho intramolecular Hbond substituents is 1. The third-order valence-corrected chi connectivity index (χ3v) is 3.78. The van der Waals surface area contributed by atoms with Crippen molar-refractivity contribution in [1.29, 1.82) is 0 Å². The summed E-state index contributed by atoms with van der Waals surface area (Å²) in [5.74, 6) is -0.302. The number of benzene rings is 3. The number of fused-ring (bicyclic) bond motifs is 1. The van der Waals surface area contributed by atoms with Crippen LogP contribution in [0, 0.1) is 0 Å². The second kappa shape index (κ2) is 6.36. The van der Waals surface area contributed by atoms with Crippen LogP contribution in [-0.4, -0.2) is 11.0 Å². The van der Waals surface area contributed by atoms with Gasteiger partial charge in [0, 0.05) is 6.54 Å². The molecule has 0 unspecified atom stereocenters. The lowest BCUT2D eigenvalue weighted by atomic mass is 10.1. The van der Waals surface area contributed by atoms with Crippen LogP contribution in [0.3, 0.4) is 0 Å². The van der Waals surface area contributed by atoms with Crippen LogP contribution in [0.2, 0.25) is 0 Å². The molecule has 0 saturated heterocycles. The van der Waals surface area contributed by atoms with Crippen LogP contribution in [0.4, 0.5) is 0 Å². The topological polar surface area (TPSA) is 49.3 Å². The van der Waals surface area contributed by atoms with Gasteiger partial charge in [0.1, 0.15) is 5.75 Å². The van der Waals surface area contributed by atoms with Crippen molar-refractivity contribution in [3.63, 3.8) is 0 Å². The lowest BCUT2D eigenvalue weighted by Gasteiger charge is -2.09. The molecule has 3 aromatic carbocycles. The first-order valence-electron chi connectivity index (χ1n) is 7.39. The summed E-state index contributed by atoms with van der Waals surface area (Å²) in [6.45, 7) is 4.12. The summed E-state index contributed by atoms with van der Waals surface area (Å²) in [6, 6.07) is 18.7. The molecule has 0 radical (unpaired) electrons. The van der Waals surface area contributed by atoms with Gasteiger partial charge in [0.05, 0.1) is 5.56 Å². The number of nitrogens with one attached hydrogen (secondary N) is 1. The van der Waals surface area contributed by atoms with Crippen molar-refractivity contribution >= 4 is 22.8 Å². The van der Waals surface area contributed by atoms with Crippen molar-refractivity contribution in [3.05, 3.63) is 83.9 Å². The zero-order chi connectivity index (χ0) is 16.2. The number of carbonyl (C=O) groups excluding carboxylic acids is 1. The molecule has 0 aliphatic rings. The monoisotopic (exact) mass is 303 g/mol. The molecule has 0 saturated carbocycles. The summed E-state index contributed by atoms with van der Waals surface area (Å²) in [5.41, 5.74) is 2.31. The van der Waals surface area contributed by atoms with E-state index in [0.29, 0.717) is 6.54 Å². The fourth-order valence-electron chi connectivity index (χ4n) is 2.46. The standard InChI is InChI=1S/C20H17NO2/c1-2-14-7-9-15(10-8-14)13-21-20(23)18-11-16-5-3-4-6-17(16)12-19(18)22/h2-12,22H,1,13H2,(H,21,23). The van der Waals surface area contributed by atoms with Gasteiger partial charge in [-0.3, -0.25) is 4.79 Å². The van der Waals surface area contributed by atoms with Gasteiger partial charge in [-0.2, -0.15) is 0 Å². The Morgan fingerprint density at radius 3 is 2.35 bits per heavy atom. The van der Waals surface area contributed by atoms with Crippen LogP contribution < -0.4 is 5.32 Å². The highest BCUT2D eigenvalue weighted by Crippen LogP contribution is 2.24. The second-order valence-corrected chi connectivity index (χ2v) is 5.34. The molecule has 0 aliphatic carbocycles. The first kappa shape index (κ1) is 14.9. The summed E-state index contributed by atoms with van der Waals surface area (Å²) in [4.78, 5) is 12.3. The Bertz CT molecular complexity index is 866. The van der Waals surface area contributed by atoms with E-state index in [1.54, 1.807) is 18.2 Å². The minimum Gasteiger partial charge on any atom is -0.507 e. The van der Waals surface area contributed by atoms with Gasteiger partial charge in [-0.15, -0.1) is 0 Å². The summed E-state index contributed by atoms with van der Waals surface area (Å²) in [7, 11) is 0. The maximum Gasteiger partial charge on any atom is 0.255 e. The molecule has 2 N–H and O–H groups in total. The van der Waals surface area contributed by atoms with E-state index in [2.05, 4.69) is 11.9 Å². The van der Waals surface area contributed by atoms with Gasteiger partial charge in [0.25, 0.3) is 5.91 Å². The normalized spacial score (nSPS) is 10.4. The molecule has 3 nitrogen and oxygen atoms in total. The van der Waals surface area contributed by atoms with Crippen LogP contribution in [0.1, 0.15) is 21.5 Å². The third kappa shape index (κ3) is 3.24.